The lowest BCUT2D eigenvalue weighted by Crippen LogP contribution is -2.43. The molecule has 1 aliphatic heterocycles. The van der Waals surface area contributed by atoms with E-state index in [-0.39, 0.29) is 6.04 Å². The maximum Gasteiger partial charge on any atom is 0.213 e. The third kappa shape index (κ3) is 2.02. The zero-order valence-corrected chi connectivity index (χ0v) is 7.26. The average Bonchev–Trinajstić information content (AvgIpc) is 2.19. The molecule has 3 nitrogen and oxygen atoms in total. The fourth-order valence-corrected chi connectivity index (χ4v) is 1.48. The molecule has 0 bridgehead atoms. The van der Waals surface area contributed by atoms with Crippen molar-refractivity contribution in [3.05, 3.63) is 29.8 Å². The Morgan fingerprint density at radius 1 is 1.38 bits per heavy atom. The molecule has 1 fully saturated rings. The second-order valence-electron chi connectivity index (χ2n) is 3.10. The van der Waals surface area contributed by atoms with Gasteiger partial charge in [0.05, 0.1) is 11.7 Å². The van der Waals surface area contributed by atoms with Crippen LogP contribution in [0.15, 0.2) is 18.2 Å². The van der Waals surface area contributed by atoms with Gasteiger partial charge in [-0.15, -0.1) is 0 Å². The zero-order valence-electron chi connectivity index (χ0n) is 7.26. The molecule has 0 aliphatic carbocycles. The number of piperazine rings is 1. The van der Waals surface area contributed by atoms with E-state index < -0.39 is 5.95 Å². The highest BCUT2D eigenvalue weighted by atomic mass is 19.1. The highest BCUT2D eigenvalue weighted by Crippen LogP contribution is 2.10. The third-order valence-electron chi connectivity index (χ3n) is 2.13. The first-order valence-corrected chi connectivity index (χ1v) is 4.43. The van der Waals surface area contributed by atoms with Crippen molar-refractivity contribution in [1.29, 1.82) is 0 Å². The van der Waals surface area contributed by atoms with E-state index in [9.17, 15) is 4.39 Å². The summed E-state index contributed by atoms with van der Waals surface area (Å²) in [6.07, 6.45) is 0. The largest absolute Gasteiger partial charge is 0.314 e. The summed E-state index contributed by atoms with van der Waals surface area (Å²) >= 11 is 0. The Morgan fingerprint density at radius 3 is 3.00 bits per heavy atom. The van der Waals surface area contributed by atoms with E-state index in [0.29, 0.717) is 0 Å². The van der Waals surface area contributed by atoms with Crippen molar-refractivity contribution in [3.8, 4) is 0 Å². The number of pyridine rings is 1. The van der Waals surface area contributed by atoms with Crippen molar-refractivity contribution < 1.29 is 4.39 Å². The van der Waals surface area contributed by atoms with Crippen LogP contribution in [0.3, 0.4) is 0 Å². The minimum atomic E-state index is -0.412. The summed E-state index contributed by atoms with van der Waals surface area (Å²) in [6.45, 7) is 2.69. The van der Waals surface area contributed by atoms with Crippen molar-refractivity contribution in [2.24, 2.45) is 0 Å². The maximum atomic E-state index is 12.8. The van der Waals surface area contributed by atoms with Gasteiger partial charge < -0.3 is 10.6 Å². The molecule has 0 aromatic carbocycles. The molecular formula is C9H12FN3. The number of nitrogens with zero attached hydrogens (tertiary/aromatic N) is 1. The molecule has 2 rings (SSSR count). The van der Waals surface area contributed by atoms with Gasteiger partial charge in [-0.05, 0) is 12.1 Å². The van der Waals surface area contributed by atoms with Crippen LogP contribution in [0.1, 0.15) is 11.7 Å². The maximum absolute atomic E-state index is 12.8. The Balaban J connectivity index is 2.14. The van der Waals surface area contributed by atoms with Gasteiger partial charge in [-0.3, -0.25) is 0 Å². The van der Waals surface area contributed by atoms with Gasteiger partial charge in [0.15, 0.2) is 0 Å². The van der Waals surface area contributed by atoms with Crippen molar-refractivity contribution in [3.63, 3.8) is 0 Å². The van der Waals surface area contributed by atoms with Crippen molar-refractivity contribution in [2.45, 2.75) is 6.04 Å². The standard InChI is InChI=1S/C9H12FN3/c10-9-3-1-2-7(13-9)8-6-11-4-5-12-8/h1-3,8,11-12H,4-6H2/t8-/m0/s1. The minimum Gasteiger partial charge on any atom is -0.314 e. The van der Waals surface area contributed by atoms with Crippen LogP contribution in [0.25, 0.3) is 0 Å². The molecule has 0 unspecified atom stereocenters. The predicted octanol–water partition coefficient (Wildman–Crippen LogP) is 0.455. The van der Waals surface area contributed by atoms with Crippen LogP contribution < -0.4 is 10.6 Å². The van der Waals surface area contributed by atoms with Crippen molar-refractivity contribution in [2.75, 3.05) is 19.6 Å². The third-order valence-corrected chi connectivity index (χ3v) is 2.13. The smallest absolute Gasteiger partial charge is 0.213 e. The summed E-state index contributed by atoms with van der Waals surface area (Å²) < 4.78 is 12.8. The van der Waals surface area contributed by atoms with E-state index in [1.165, 1.54) is 6.07 Å². The van der Waals surface area contributed by atoms with Crippen LogP contribution in [-0.4, -0.2) is 24.6 Å². The number of rotatable bonds is 1. The lowest BCUT2D eigenvalue weighted by molar-refractivity contribution is 0.417. The molecular weight excluding hydrogens is 169 g/mol. The lowest BCUT2D eigenvalue weighted by atomic mass is 10.1. The Labute approximate surface area is 76.4 Å². The van der Waals surface area contributed by atoms with E-state index in [4.69, 9.17) is 0 Å². The number of hydrogen-bond donors (Lipinski definition) is 2. The summed E-state index contributed by atoms with van der Waals surface area (Å²) in [5.41, 5.74) is 0.771. The topological polar surface area (TPSA) is 37.0 Å². The Kier molecular flexibility index (Phi) is 2.52. The van der Waals surface area contributed by atoms with E-state index >= 15 is 0 Å². The van der Waals surface area contributed by atoms with Gasteiger partial charge >= 0.3 is 0 Å². The highest BCUT2D eigenvalue weighted by Gasteiger charge is 2.15. The van der Waals surface area contributed by atoms with E-state index in [1.54, 1.807) is 6.07 Å². The first-order valence-electron chi connectivity index (χ1n) is 4.43. The highest BCUT2D eigenvalue weighted by molar-refractivity contribution is 5.10. The summed E-state index contributed by atoms with van der Waals surface area (Å²) in [6, 6.07) is 5.03. The molecule has 0 amide bonds. The van der Waals surface area contributed by atoms with E-state index in [1.807, 2.05) is 6.07 Å². The van der Waals surface area contributed by atoms with Crippen LogP contribution in [0, 0.1) is 5.95 Å². The van der Waals surface area contributed by atoms with Crippen LogP contribution >= 0.6 is 0 Å². The monoisotopic (exact) mass is 181 g/mol. The molecule has 4 heteroatoms. The molecule has 1 atom stereocenters. The summed E-state index contributed by atoms with van der Waals surface area (Å²) in [5.74, 6) is -0.412. The second-order valence-corrected chi connectivity index (χ2v) is 3.10. The molecule has 2 N–H and O–H groups in total. The predicted molar refractivity (Wildman–Crippen MR) is 47.8 cm³/mol. The molecule has 13 heavy (non-hydrogen) atoms. The van der Waals surface area contributed by atoms with Gasteiger partial charge in [0.2, 0.25) is 5.95 Å². The molecule has 2 heterocycles. The van der Waals surface area contributed by atoms with Crippen LogP contribution in [-0.2, 0) is 0 Å². The number of nitrogens with one attached hydrogen (secondary N) is 2. The van der Waals surface area contributed by atoms with Gasteiger partial charge in [-0.25, -0.2) is 4.98 Å². The van der Waals surface area contributed by atoms with Gasteiger partial charge in [0.25, 0.3) is 0 Å². The summed E-state index contributed by atoms with van der Waals surface area (Å²) in [5, 5.41) is 6.50. The first kappa shape index (κ1) is 8.59. The zero-order chi connectivity index (χ0) is 9.10. The molecule has 0 spiro atoms. The fourth-order valence-electron chi connectivity index (χ4n) is 1.48. The molecule has 1 aromatic heterocycles. The molecule has 0 radical (unpaired) electrons. The number of hydrogen-bond acceptors (Lipinski definition) is 3. The minimum absolute atomic E-state index is 0.143. The van der Waals surface area contributed by atoms with E-state index in [2.05, 4.69) is 15.6 Å². The quantitative estimate of drug-likeness (QED) is 0.618. The van der Waals surface area contributed by atoms with Crippen molar-refractivity contribution >= 4 is 0 Å². The van der Waals surface area contributed by atoms with Crippen LogP contribution in [0.2, 0.25) is 0 Å². The van der Waals surface area contributed by atoms with Crippen LogP contribution in [0.4, 0.5) is 4.39 Å². The van der Waals surface area contributed by atoms with Gasteiger partial charge in [0, 0.05) is 19.6 Å². The number of aromatic nitrogens is 1. The molecule has 1 saturated heterocycles. The normalized spacial score (nSPS) is 23.0. The van der Waals surface area contributed by atoms with Crippen molar-refractivity contribution in [1.82, 2.24) is 15.6 Å². The average molecular weight is 181 g/mol. The lowest BCUT2D eigenvalue weighted by Gasteiger charge is -2.23. The Bertz CT molecular complexity index is 284. The molecule has 70 valence electrons. The first-order chi connectivity index (χ1) is 6.36. The van der Waals surface area contributed by atoms with Gasteiger partial charge in [-0.1, -0.05) is 6.07 Å². The second kappa shape index (κ2) is 3.81. The summed E-state index contributed by atoms with van der Waals surface area (Å²) in [4.78, 5) is 3.83. The Morgan fingerprint density at radius 2 is 2.31 bits per heavy atom. The van der Waals surface area contributed by atoms with Gasteiger partial charge in [-0.2, -0.15) is 4.39 Å². The van der Waals surface area contributed by atoms with Gasteiger partial charge in [0.1, 0.15) is 0 Å². The van der Waals surface area contributed by atoms with Crippen LogP contribution in [0.5, 0.6) is 0 Å². The SMILES string of the molecule is Fc1cccc([C@@H]2CNCCN2)n1. The molecule has 1 aliphatic rings. The molecule has 1 aromatic rings. The summed E-state index contributed by atoms with van der Waals surface area (Å²) in [7, 11) is 0. The fraction of sp³-hybridized carbons (Fsp3) is 0.444. The molecule has 0 saturated carbocycles. The Hall–Kier alpha value is -1.00. The van der Waals surface area contributed by atoms with E-state index in [0.717, 1.165) is 25.3 Å². The number of halogens is 1.